The molecule has 0 bridgehead atoms. The van der Waals surface area contributed by atoms with Crippen LogP contribution in [0.5, 0.6) is 0 Å². The van der Waals surface area contributed by atoms with Gasteiger partial charge in [-0.05, 0) is 50.8 Å². The van der Waals surface area contributed by atoms with E-state index in [1.54, 1.807) is 0 Å². The third-order valence-corrected chi connectivity index (χ3v) is 6.03. The van der Waals surface area contributed by atoms with Gasteiger partial charge >= 0.3 is 0 Å². The lowest BCUT2D eigenvalue weighted by atomic mass is 10.0. The van der Waals surface area contributed by atoms with Crippen LogP contribution in [0.2, 0.25) is 0 Å². The first kappa shape index (κ1) is 20.3. The average Bonchev–Trinajstić information content (AvgIpc) is 3.41. The molecule has 2 saturated heterocycles. The smallest absolute Gasteiger partial charge is 0.253 e. The van der Waals surface area contributed by atoms with E-state index in [1.807, 2.05) is 43.0 Å². The highest BCUT2D eigenvalue weighted by atomic mass is 16.2. The highest BCUT2D eigenvalue weighted by Crippen LogP contribution is 2.28. The van der Waals surface area contributed by atoms with Crippen LogP contribution in [0.3, 0.4) is 0 Å². The van der Waals surface area contributed by atoms with E-state index in [0.717, 1.165) is 48.0 Å². The maximum absolute atomic E-state index is 13.1. The first-order valence-corrected chi connectivity index (χ1v) is 10.7. The number of anilines is 1. The number of benzene rings is 1. The van der Waals surface area contributed by atoms with E-state index in [0.29, 0.717) is 18.7 Å². The lowest BCUT2D eigenvalue weighted by Crippen LogP contribution is -2.37. The molecular weight excluding hydrogens is 378 g/mol. The number of carbonyl (C=O) groups excluding carboxylic acids is 2. The molecule has 2 aliphatic rings. The molecular formula is C23H29N5O2. The van der Waals surface area contributed by atoms with Crippen molar-refractivity contribution in [3.63, 3.8) is 0 Å². The molecule has 3 heterocycles. The highest BCUT2D eigenvalue weighted by molar-refractivity contribution is 5.95. The van der Waals surface area contributed by atoms with Crippen LogP contribution in [0.4, 0.5) is 5.95 Å². The molecule has 2 amide bonds. The fraction of sp³-hybridized carbons (Fsp3) is 0.478. The quantitative estimate of drug-likeness (QED) is 0.843. The Morgan fingerprint density at radius 3 is 2.60 bits per heavy atom. The summed E-state index contributed by atoms with van der Waals surface area (Å²) in [6.07, 6.45) is 3.13. The number of likely N-dealkylation sites (tertiary alicyclic amines) is 1. The van der Waals surface area contributed by atoms with Crippen molar-refractivity contribution < 1.29 is 9.59 Å². The number of rotatable bonds is 4. The van der Waals surface area contributed by atoms with Gasteiger partial charge < -0.3 is 15.1 Å². The van der Waals surface area contributed by atoms with E-state index < -0.39 is 0 Å². The van der Waals surface area contributed by atoms with Gasteiger partial charge in [-0.3, -0.25) is 9.59 Å². The van der Waals surface area contributed by atoms with E-state index in [9.17, 15) is 9.59 Å². The summed E-state index contributed by atoms with van der Waals surface area (Å²) in [6.45, 7) is 8.74. The Hall–Kier alpha value is -2.96. The Kier molecular flexibility index (Phi) is 5.70. The van der Waals surface area contributed by atoms with E-state index in [2.05, 4.69) is 10.2 Å². The molecule has 0 spiro atoms. The van der Waals surface area contributed by atoms with Crippen molar-refractivity contribution in [3.8, 4) is 11.3 Å². The van der Waals surface area contributed by atoms with Crippen molar-refractivity contribution in [2.75, 3.05) is 31.1 Å². The number of nitrogens with zero attached hydrogens (tertiary/aromatic N) is 4. The van der Waals surface area contributed by atoms with Gasteiger partial charge in [0.25, 0.3) is 5.91 Å². The lowest BCUT2D eigenvalue weighted by Gasteiger charge is -2.19. The van der Waals surface area contributed by atoms with E-state index in [-0.39, 0.29) is 17.9 Å². The number of nitrogens with one attached hydrogen (secondary N) is 1. The Morgan fingerprint density at radius 1 is 1.10 bits per heavy atom. The van der Waals surface area contributed by atoms with E-state index in [1.165, 1.54) is 19.8 Å². The summed E-state index contributed by atoms with van der Waals surface area (Å²) in [5.41, 5.74) is 4.47. The zero-order chi connectivity index (χ0) is 21.3. The van der Waals surface area contributed by atoms with Gasteiger partial charge in [-0.15, -0.1) is 0 Å². The average molecular weight is 408 g/mol. The lowest BCUT2D eigenvalue weighted by molar-refractivity contribution is -0.119. The largest absolute Gasteiger partial charge is 0.352 e. The van der Waals surface area contributed by atoms with Crippen molar-refractivity contribution in [1.82, 2.24) is 20.2 Å². The molecule has 4 rings (SSSR count). The maximum Gasteiger partial charge on any atom is 0.253 e. The number of aromatic nitrogens is 2. The van der Waals surface area contributed by atoms with Gasteiger partial charge in [0.05, 0.1) is 5.69 Å². The second-order valence-corrected chi connectivity index (χ2v) is 8.29. The Bertz CT molecular complexity index is 968. The van der Waals surface area contributed by atoms with Gasteiger partial charge in [0.15, 0.2) is 0 Å². The summed E-state index contributed by atoms with van der Waals surface area (Å²) in [4.78, 5) is 38.0. The standard InChI is InChI=1S/C23H29N5O2/c1-15-16(2)24-23(27-10-4-5-11-27)26-21(15)18-7-6-8-19(13-18)22(30)28-12-9-20(14-28)25-17(3)29/h6-8,13,20H,4-5,9-12,14H2,1-3H3,(H,25,29). The van der Waals surface area contributed by atoms with Gasteiger partial charge in [0, 0.05) is 56.0 Å². The minimum absolute atomic E-state index is 0.00657. The van der Waals surface area contributed by atoms with Crippen LogP contribution in [0.25, 0.3) is 11.3 Å². The Labute approximate surface area is 177 Å². The molecule has 2 aliphatic heterocycles. The van der Waals surface area contributed by atoms with Crippen molar-refractivity contribution in [2.24, 2.45) is 0 Å². The predicted molar refractivity (Wildman–Crippen MR) is 117 cm³/mol. The zero-order valence-electron chi connectivity index (χ0n) is 17.9. The molecule has 158 valence electrons. The fourth-order valence-electron chi connectivity index (χ4n) is 4.29. The van der Waals surface area contributed by atoms with Crippen molar-refractivity contribution >= 4 is 17.8 Å². The summed E-state index contributed by atoms with van der Waals surface area (Å²) < 4.78 is 0. The fourth-order valence-corrected chi connectivity index (χ4v) is 4.29. The summed E-state index contributed by atoms with van der Waals surface area (Å²) in [5, 5.41) is 2.91. The third-order valence-electron chi connectivity index (χ3n) is 6.03. The molecule has 7 nitrogen and oxygen atoms in total. The van der Waals surface area contributed by atoms with Gasteiger partial charge in [0.2, 0.25) is 11.9 Å². The van der Waals surface area contributed by atoms with Crippen molar-refractivity contribution in [1.29, 1.82) is 0 Å². The molecule has 1 atom stereocenters. The van der Waals surface area contributed by atoms with Crippen molar-refractivity contribution in [3.05, 3.63) is 41.1 Å². The molecule has 30 heavy (non-hydrogen) atoms. The van der Waals surface area contributed by atoms with Gasteiger partial charge in [-0.1, -0.05) is 12.1 Å². The topological polar surface area (TPSA) is 78.4 Å². The number of hydrogen-bond acceptors (Lipinski definition) is 5. The van der Waals surface area contributed by atoms with Crippen LogP contribution in [0.15, 0.2) is 24.3 Å². The van der Waals surface area contributed by atoms with Gasteiger partial charge in [0.1, 0.15) is 0 Å². The molecule has 1 aromatic carbocycles. The third kappa shape index (κ3) is 4.15. The Balaban J connectivity index is 1.59. The normalized spacial score (nSPS) is 18.7. The molecule has 2 fully saturated rings. The highest BCUT2D eigenvalue weighted by Gasteiger charge is 2.27. The first-order valence-electron chi connectivity index (χ1n) is 10.7. The SMILES string of the molecule is CC(=O)NC1CCN(C(=O)c2cccc(-c3nc(N4CCCC4)nc(C)c3C)c2)C1. The predicted octanol–water partition coefficient (Wildman–Crippen LogP) is 2.71. The Morgan fingerprint density at radius 2 is 1.87 bits per heavy atom. The maximum atomic E-state index is 13.1. The number of carbonyl (C=O) groups is 2. The summed E-state index contributed by atoms with van der Waals surface area (Å²) in [5.74, 6) is 0.715. The molecule has 0 saturated carbocycles. The second kappa shape index (κ2) is 8.42. The summed E-state index contributed by atoms with van der Waals surface area (Å²) in [7, 11) is 0. The van der Waals surface area contributed by atoms with Crippen molar-refractivity contribution in [2.45, 2.75) is 46.1 Å². The van der Waals surface area contributed by atoms with Crippen LogP contribution in [0.1, 0.15) is 47.8 Å². The summed E-state index contributed by atoms with van der Waals surface area (Å²) >= 11 is 0. The first-order chi connectivity index (χ1) is 14.4. The molecule has 1 N–H and O–H groups in total. The van der Waals surface area contributed by atoms with E-state index >= 15 is 0 Å². The molecule has 2 aromatic rings. The van der Waals surface area contributed by atoms with Gasteiger partial charge in [-0.25, -0.2) is 9.97 Å². The number of amides is 2. The van der Waals surface area contributed by atoms with Crippen LogP contribution in [-0.2, 0) is 4.79 Å². The van der Waals surface area contributed by atoms with Crippen LogP contribution in [-0.4, -0.2) is 58.9 Å². The molecule has 0 radical (unpaired) electrons. The number of hydrogen-bond donors (Lipinski definition) is 1. The molecule has 0 aliphatic carbocycles. The minimum Gasteiger partial charge on any atom is -0.352 e. The zero-order valence-corrected chi connectivity index (χ0v) is 17.9. The van der Waals surface area contributed by atoms with Crippen LogP contribution < -0.4 is 10.2 Å². The van der Waals surface area contributed by atoms with Crippen LogP contribution in [0, 0.1) is 13.8 Å². The van der Waals surface area contributed by atoms with Crippen LogP contribution >= 0.6 is 0 Å². The van der Waals surface area contributed by atoms with Gasteiger partial charge in [-0.2, -0.15) is 0 Å². The summed E-state index contributed by atoms with van der Waals surface area (Å²) in [6, 6.07) is 7.72. The molecule has 1 unspecified atom stereocenters. The minimum atomic E-state index is -0.0558. The number of aryl methyl sites for hydroxylation is 1. The van der Waals surface area contributed by atoms with E-state index in [4.69, 9.17) is 9.97 Å². The second-order valence-electron chi connectivity index (χ2n) is 8.29. The molecule has 1 aromatic heterocycles. The monoisotopic (exact) mass is 407 g/mol. The molecule has 7 heteroatoms.